The van der Waals surface area contributed by atoms with E-state index in [-0.39, 0.29) is 17.5 Å². The van der Waals surface area contributed by atoms with Crippen molar-refractivity contribution in [1.82, 2.24) is 25.1 Å². The van der Waals surface area contributed by atoms with Gasteiger partial charge in [0.15, 0.2) is 5.65 Å². The molecule has 130 valence electrons. The van der Waals surface area contributed by atoms with Gasteiger partial charge in [0.1, 0.15) is 5.69 Å². The molecule has 0 aliphatic rings. The molecule has 0 saturated carbocycles. The van der Waals surface area contributed by atoms with Crippen LogP contribution in [0.1, 0.15) is 24.2 Å². The van der Waals surface area contributed by atoms with E-state index in [2.05, 4.69) is 20.6 Å². The maximum Gasteiger partial charge on any atom is 0.281 e. The third kappa shape index (κ3) is 2.63. The molecule has 2 N–H and O–H groups in total. The van der Waals surface area contributed by atoms with Crippen LogP contribution in [0, 0.1) is 0 Å². The van der Waals surface area contributed by atoms with Gasteiger partial charge in [-0.3, -0.25) is 9.59 Å². The van der Waals surface area contributed by atoms with Gasteiger partial charge < -0.3 is 5.32 Å². The Morgan fingerprint density at radius 2 is 1.92 bits per heavy atom. The monoisotopic (exact) mass is 347 g/mol. The van der Waals surface area contributed by atoms with Crippen LogP contribution >= 0.6 is 0 Å². The summed E-state index contributed by atoms with van der Waals surface area (Å²) in [4.78, 5) is 28.9. The van der Waals surface area contributed by atoms with Crippen molar-refractivity contribution in [1.29, 1.82) is 0 Å². The Bertz CT molecular complexity index is 1180. The van der Waals surface area contributed by atoms with Gasteiger partial charge in [0.2, 0.25) is 0 Å². The zero-order valence-electron chi connectivity index (χ0n) is 14.4. The molecular weight excluding hydrogens is 330 g/mol. The number of hydrogen-bond donors (Lipinski definition) is 2. The maximum absolute atomic E-state index is 12.5. The first-order valence-electron chi connectivity index (χ1n) is 8.32. The van der Waals surface area contributed by atoms with Crippen molar-refractivity contribution >= 4 is 22.5 Å². The molecular formula is C19H17N5O2. The zero-order chi connectivity index (χ0) is 18.3. The molecule has 0 radical (unpaired) electrons. The van der Waals surface area contributed by atoms with Crippen molar-refractivity contribution in [3.63, 3.8) is 0 Å². The van der Waals surface area contributed by atoms with E-state index >= 15 is 0 Å². The molecule has 0 bridgehead atoms. The molecule has 0 fully saturated rings. The molecule has 7 heteroatoms. The third-order valence-electron chi connectivity index (χ3n) is 4.09. The van der Waals surface area contributed by atoms with Gasteiger partial charge in [-0.1, -0.05) is 30.3 Å². The highest BCUT2D eigenvalue weighted by Crippen LogP contribution is 2.22. The highest BCUT2D eigenvalue weighted by atomic mass is 16.1. The van der Waals surface area contributed by atoms with E-state index in [4.69, 9.17) is 0 Å². The highest BCUT2D eigenvalue weighted by molar-refractivity contribution is 5.98. The van der Waals surface area contributed by atoms with Crippen LogP contribution in [0.2, 0.25) is 0 Å². The van der Waals surface area contributed by atoms with E-state index in [1.54, 1.807) is 22.7 Å². The van der Waals surface area contributed by atoms with Gasteiger partial charge in [0.25, 0.3) is 11.5 Å². The Balaban J connectivity index is 1.95. The number of hydrogen-bond acceptors (Lipinski definition) is 4. The van der Waals surface area contributed by atoms with Crippen molar-refractivity contribution in [2.75, 3.05) is 0 Å². The van der Waals surface area contributed by atoms with Gasteiger partial charge in [0.05, 0.1) is 10.9 Å². The molecule has 2 aromatic heterocycles. The van der Waals surface area contributed by atoms with Crippen molar-refractivity contribution in [2.24, 2.45) is 0 Å². The zero-order valence-corrected chi connectivity index (χ0v) is 14.4. The summed E-state index contributed by atoms with van der Waals surface area (Å²) in [6.45, 7) is 3.79. The van der Waals surface area contributed by atoms with Crippen molar-refractivity contribution < 1.29 is 4.79 Å². The van der Waals surface area contributed by atoms with Crippen LogP contribution < -0.4 is 10.9 Å². The second-order valence-electron chi connectivity index (χ2n) is 6.36. The molecule has 2 heterocycles. The number of amides is 1. The number of nitrogens with zero attached hydrogens (tertiary/aromatic N) is 3. The molecule has 26 heavy (non-hydrogen) atoms. The van der Waals surface area contributed by atoms with Crippen LogP contribution in [0.5, 0.6) is 0 Å². The lowest BCUT2D eigenvalue weighted by Crippen LogP contribution is -2.30. The fourth-order valence-electron chi connectivity index (χ4n) is 2.90. The van der Waals surface area contributed by atoms with Crippen LogP contribution in [-0.2, 0) is 0 Å². The summed E-state index contributed by atoms with van der Waals surface area (Å²) >= 11 is 0. The minimum absolute atomic E-state index is 0.0233. The van der Waals surface area contributed by atoms with E-state index in [9.17, 15) is 9.59 Å². The minimum Gasteiger partial charge on any atom is -0.350 e. The van der Waals surface area contributed by atoms with E-state index in [0.29, 0.717) is 27.8 Å². The Kier molecular flexibility index (Phi) is 3.76. The van der Waals surface area contributed by atoms with Gasteiger partial charge in [-0.25, -0.2) is 9.73 Å². The molecule has 0 aliphatic carbocycles. The first-order chi connectivity index (χ1) is 12.5. The molecule has 0 spiro atoms. The van der Waals surface area contributed by atoms with E-state index < -0.39 is 0 Å². The molecule has 0 aliphatic heterocycles. The lowest BCUT2D eigenvalue weighted by Gasteiger charge is -2.09. The van der Waals surface area contributed by atoms with Gasteiger partial charge in [-0.05, 0) is 32.0 Å². The lowest BCUT2D eigenvalue weighted by atomic mass is 10.1. The SMILES string of the molecule is CC(C)NC(=O)c1ccc2c(=O)nc3c(-c4ccccc4)n[nH]n3c2c1. The molecule has 1 amide bonds. The molecule has 7 nitrogen and oxygen atoms in total. The quantitative estimate of drug-likeness (QED) is 0.595. The molecule has 4 aromatic rings. The lowest BCUT2D eigenvalue weighted by molar-refractivity contribution is 0.0943. The Labute approximate surface area is 148 Å². The summed E-state index contributed by atoms with van der Waals surface area (Å²) in [5, 5.41) is 10.5. The van der Waals surface area contributed by atoms with Crippen molar-refractivity contribution in [2.45, 2.75) is 19.9 Å². The average Bonchev–Trinajstić information content (AvgIpc) is 3.05. The second kappa shape index (κ2) is 6.11. The fraction of sp³-hybridized carbons (Fsp3) is 0.158. The smallest absolute Gasteiger partial charge is 0.281 e. The molecule has 0 unspecified atom stereocenters. The average molecular weight is 347 g/mol. The number of H-pyrrole nitrogens is 1. The molecule has 0 saturated heterocycles. The number of rotatable bonds is 3. The van der Waals surface area contributed by atoms with Gasteiger partial charge in [-0.2, -0.15) is 10.1 Å². The normalized spacial score (nSPS) is 11.3. The molecule has 2 aromatic carbocycles. The topological polar surface area (TPSA) is 92.2 Å². The van der Waals surface area contributed by atoms with Gasteiger partial charge >= 0.3 is 0 Å². The standard InChI is InChI=1S/C19H17N5O2/c1-11(2)20-18(25)13-8-9-14-15(10-13)24-17(21-19(14)26)16(22-23-24)12-6-4-3-5-7-12/h3-11,23H,1-2H3,(H,20,25). The summed E-state index contributed by atoms with van der Waals surface area (Å²) < 4.78 is 1.63. The van der Waals surface area contributed by atoms with Crippen LogP contribution in [0.3, 0.4) is 0 Å². The van der Waals surface area contributed by atoms with E-state index in [0.717, 1.165) is 5.56 Å². The maximum atomic E-state index is 12.5. The molecule has 0 atom stereocenters. The first-order valence-corrected chi connectivity index (χ1v) is 8.32. The van der Waals surface area contributed by atoms with E-state index in [1.165, 1.54) is 0 Å². The predicted molar refractivity (Wildman–Crippen MR) is 99.2 cm³/mol. The summed E-state index contributed by atoms with van der Waals surface area (Å²) in [7, 11) is 0. The number of fused-ring (bicyclic) bond motifs is 3. The number of carbonyl (C=O) groups is 1. The fourth-order valence-corrected chi connectivity index (χ4v) is 2.90. The number of carbonyl (C=O) groups excluding carboxylic acids is 1. The first kappa shape index (κ1) is 16.0. The summed E-state index contributed by atoms with van der Waals surface area (Å²) in [5.41, 5.74) is 2.55. The Morgan fingerprint density at radius 3 is 2.65 bits per heavy atom. The largest absolute Gasteiger partial charge is 0.350 e. The number of benzene rings is 2. The van der Waals surface area contributed by atoms with Crippen LogP contribution in [0.25, 0.3) is 27.8 Å². The highest BCUT2D eigenvalue weighted by Gasteiger charge is 2.15. The Hall–Kier alpha value is -3.48. The number of nitrogens with one attached hydrogen (secondary N) is 2. The Morgan fingerprint density at radius 1 is 1.15 bits per heavy atom. The second-order valence-corrected chi connectivity index (χ2v) is 6.36. The van der Waals surface area contributed by atoms with Crippen LogP contribution in [-0.4, -0.2) is 31.8 Å². The minimum atomic E-state index is -0.352. The van der Waals surface area contributed by atoms with Crippen molar-refractivity contribution in [3.05, 3.63) is 64.4 Å². The van der Waals surface area contributed by atoms with Gasteiger partial charge in [-0.15, -0.1) is 0 Å². The van der Waals surface area contributed by atoms with E-state index in [1.807, 2.05) is 44.2 Å². The molecule has 4 rings (SSSR count). The van der Waals surface area contributed by atoms with Gasteiger partial charge in [0, 0.05) is 17.2 Å². The summed E-state index contributed by atoms with van der Waals surface area (Å²) in [5.74, 6) is -0.192. The predicted octanol–water partition coefficient (Wildman–Crippen LogP) is 2.38. The number of aromatic nitrogens is 4. The third-order valence-corrected chi connectivity index (χ3v) is 4.09. The summed E-state index contributed by atoms with van der Waals surface area (Å²) in [6, 6.07) is 14.5. The summed E-state index contributed by atoms with van der Waals surface area (Å²) in [6.07, 6.45) is 0. The van der Waals surface area contributed by atoms with Crippen molar-refractivity contribution in [3.8, 4) is 11.3 Å². The van der Waals surface area contributed by atoms with Crippen LogP contribution in [0.4, 0.5) is 0 Å². The van der Waals surface area contributed by atoms with Crippen LogP contribution in [0.15, 0.2) is 53.3 Å². The number of aromatic amines is 1.